The van der Waals surface area contributed by atoms with Crippen LogP contribution in [0.3, 0.4) is 0 Å². The largest absolute Gasteiger partial charge is 0.344 e. The van der Waals surface area contributed by atoms with E-state index in [1.54, 1.807) is 6.08 Å². The maximum absolute atomic E-state index is 10.7. The fourth-order valence-electron chi connectivity index (χ4n) is 0.759. The summed E-state index contributed by atoms with van der Waals surface area (Å²) in [5, 5.41) is 2.13. The number of hydrogen-bond acceptors (Lipinski definition) is 3. The standard InChI is InChI=1S/C7H7NO2.H3N/c1-2-3-5-4-6(9)8-7(5)10;/h2,4H,1,3H2,(H,8,9,10);1H3. The zero-order valence-electron chi connectivity index (χ0n) is 6.09. The summed E-state index contributed by atoms with van der Waals surface area (Å²) >= 11 is 0. The van der Waals surface area contributed by atoms with Gasteiger partial charge < -0.3 is 6.15 Å². The van der Waals surface area contributed by atoms with Crippen LogP contribution in [0.15, 0.2) is 24.3 Å². The number of carbonyl (C=O) groups is 2. The molecule has 0 atom stereocenters. The molecule has 1 aliphatic rings. The minimum atomic E-state index is -0.332. The third-order valence-electron chi connectivity index (χ3n) is 1.20. The molecule has 0 aromatic rings. The SMILES string of the molecule is C=CCC1=CC(=O)NC1=O.N. The summed E-state index contributed by atoms with van der Waals surface area (Å²) in [5.74, 6) is -0.633. The quantitative estimate of drug-likeness (QED) is 0.443. The van der Waals surface area contributed by atoms with Gasteiger partial charge >= 0.3 is 0 Å². The molecule has 0 fully saturated rings. The molecule has 0 aliphatic carbocycles. The highest BCUT2D eigenvalue weighted by molar-refractivity contribution is 6.16. The van der Waals surface area contributed by atoms with Crippen molar-refractivity contribution in [3.05, 3.63) is 24.3 Å². The monoisotopic (exact) mass is 154 g/mol. The molecule has 11 heavy (non-hydrogen) atoms. The fraction of sp³-hybridized carbons (Fsp3) is 0.143. The van der Waals surface area contributed by atoms with E-state index in [0.717, 1.165) is 0 Å². The minimum absolute atomic E-state index is 0. The normalized spacial score (nSPS) is 15.1. The smallest absolute Gasteiger partial charge is 0.254 e. The average molecular weight is 154 g/mol. The molecule has 4 nitrogen and oxygen atoms in total. The lowest BCUT2D eigenvalue weighted by atomic mass is 10.2. The first-order valence-electron chi connectivity index (χ1n) is 2.91. The molecule has 0 bridgehead atoms. The van der Waals surface area contributed by atoms with Gasteiger partial charge in [-0.15, -0.1) is 6.58 Å². The van der Waals surface area contributed by atoms with Gasteiger partial charge in [-0.25, -0.2) is 0 Å². The molecule has 0 saturated heterocycles. The van der Waals surface area contributed by atoms with E-state index in [4.69, 9.17) is 0 Å². The third kappa shape index (κ3) is 2.01. The molecule has 0 aromatic heterocycles. The Kier molecular flexibility index (Phi) is 3.20. The fourth-order valence-corrected chi connectivity index (χ4v) is 0.759. The van der Waals surface area contributed by atoms with Gasteiger partial charge in [0.1, 0.15) is 0 Å². The van der Waals surface area contributed by atoms with Crippen LogP contribution >= 0.6 is 0 Å². The lowest BCUT2D eigenvalue weighted by molar-refractivity contribution is -0.123. The summed E-state index contributed by atoms with van der Waals surface area (Å²) in [6.07, 6.45) is 3.34. The molecule has 0 spiro atoms. The zero-order chi connectivity index (χ0) is 7.56. The second kappa shape index (κ2) is 3.68. The molecule has 1 rings (SSSR count). The van der Waals surface area contributed by atoms with E-state index in [1.807, 2.05) is 0 Å². The molecule has 0 aromatic carbocycles. The predicted octanol–water partition coefficient (Wildman–Crippen LogP) is 0.307. The Hall–Kier alpha value is -1.42. The summed E-state index contributed by atoms with van der Waals surface area (Å²) in [6, 6.07) is 0. The molecule has 1 heterocycles. The number of rotatable bonds is 2. The van der Waals surface area contributed by atoms with Crippen molar-refractivity contribution in [1.29, 1.82) is 0 Å². The van der Waals surface area contributed by atoms with E-state index < -0.39 is 0 Å². The minimum Gasteiger partial charge on any atom is -0.344 e. The molecule has 2 amide bonds. The molecular formula is C7H10N2O2. The van der Waals surface area contributed by atoms with E-state index in [2.05, 4.69) is 11.9 Å². The van der Waals surface area contributed by atoms with Crippen molar-refractivity contribution in [2.24, 2.45) is 0 Å². The van der Waals surface area contributed by atoms with E-state index in [0.29, 0.717) is 12.0 Å². The molecule has 0 saturated carbocycles. The highest BCUT2D eigenvalue weighted by Crippen LogP contribution is 2.06. The summed E-state index contributed by atoms with van der Waals surface area (Å²) in [7, 11) is 0. The van der Waals surface area contributed by atoms with Crippen LogP contribution in [0.1, 0.15) is 6.42 Å². The van der Waals surface area contributed by atoms with Gasteiger partial charge in [0.2, 0.25) is 0 Å². The Bertz CT molecular complexity index is 231. The van der Waals surface area contributed by atoms with Crippen molar-refractivity contribution in [2.45, 2.75) is 6.42 Å². The van der Waals surface area contributed by atoms with Crippen molar-refractivity contribution in [1.82, 2.24) is 11.5 Å². The van der Waals surface area contributed by atoms with Gasteiger partial charge in [0.15, 0.2) is 0 Å². The molecule has 0 unspecified atom stereocenters. The molecule has 4 heteroatoms. The van der Waals surface area contributed by atoms with E-state index >= 15 is 0 Å². The molecule has 0 radical (unpaired) electrons. The topological polar surface area (TPSA) is 81.2 Å². The Morgan fingerprint density at radius 1 is 1.55 bits per heavy atom. The average Bonchev–Trinajstić information content (AvgIpc) is 2.13. The van der Waals surface area contributed by atoms with Gasteiger partial charge in [-0.2, -0.15) is 0 Å². The van der Waals surface area contributed by atoms with Crippen LogP contribution in [0.25, 0.3) is 0 Å². The highest BCUT2D eigenvalue weighted by atomic mass is 16.2. The molecule has 60 valence electrons. The molecular weight excluding hydrogens is 144 g/mol. The van der Waals surface area contributed by atoms with Crippen LogP contribution in [0.2, 0.25) is 0 Å². The second-order valence-corrected chi connectivity index (χ2v) is 1.98. The summed E-state index contributed by atoms with van der Waals surface area (Å²) in [5.41, 5.74) is 0.486. The van der Waals surface area contributed by atoms with Crippen molar-refractivity contribution in [3.63, 3.8) is 0 Å². The number of nitrogens with one attached hydrogen (secondary N) is 1. The van der Waals surface area contributed by atoms with Crippen molar-refractivity contribution in [2.75, 3.05) is 0 Å². The van der Waals surface area contributed by atoms with Gasteiger partial charge in [0, 0.05) is 11.6 Å². The van der Waals surface area contributed by atoms with E-state index in [1.165, 1.54) is 6.08 Å². The lowest BCUT2D eigenvalue weighted by Crippen LogP contribution is -2.21. The number of amides is 2. The van der Waals surface area contributed by atoms with Gasteiger partial charge in [-0.1, -0.05) is 6.08 Å². The van der Waals surface area contributed by atoms with Gasteiger partial charge in [-0.3, -0.25) is 14.9 Å². The number of imide groups is 1. The first kappa shape index (κ1) is 9.58. The Balaban J connectivity index is 0.000001000. The zero-order valence-corrected chi connectivity index (χ0v) is 6.09. The predicted molar refractivity (Wildman–Crippen MR) is 41.1 cm³/mol. The van der Waals surface area contributed by atoms with Crippen molar-refractivity contribution in [3.8, 4) is 0 Å². The summed E-state index contributed by atoms with van der Waals surface area (Å²) < 4.78 is 0. The van der Waals surface area contributed by atoms with Crippen LogP contribution < -0.4 is 11.5 Å². The van der Waals surface area contributed by atoms with E-state index in [-0.39, 0.29) is 18.0 Å². The van der Waals surface area contributed by atoms with E-state index in [9.17, 15) is 9.59 Å². The lowest BCUT2D eigenvalue weighted by Gasteiger charge is -1.90. The molecule has 1 aliphatic heterocycles. The van der Waals surface area contributed by atoms with Gasteiger partial charge in [-0.05, 0) is 6.42 Å². The van der Waals surface area contributed by atoms with Crippen molar-refractivity contribution < 1.29 is 9.59 Å². The Labute approximate surface area is 64.6 Å². The van der Waals surface area contributed by atoms with Gasteiger partial charge in [0.25, 0.3) is 11.8 Å². The van der Waals surface area contributed by atoms with Gasteiger partial charge in [0.05, 0.1) is 0 Å². The summed E-state index contributed by atoms with van der Waals surface area (Å²) in [4.78, 5) is 21.2. The van der Waals surface area contributed by atoms with Crippen LogP contribution in [0, 0.1) is 0 Å². The first-order valence-corrected chi connectivity index (χ1v) is 2.91. The maximum atomic E-state index is 10.7. The Morgan fingerprint density at radius 3 is 2.55 bits per heavy atom. The molecule has 4 N–H and O–H groups in total. The number of hydrogen-bond donors (Lipinski definition) is 2. The van der Waals surface area contributed by atoms with Crippen LogP contribution in [-0.2, 0) is 9.59 Å². The van der Waals surface area contributed by atoms with Crippen LogP contribution in [0.5, 0.6) is 0 Å². The van der Waals surface area contributed by atoms with Crippen LogP contribution in [0.4, 0.5) is 0 Å². The van der Waals surface area contributed by atoms with Crippen molar-refractivity contribution >= 4 is 11.8 Å². The third-order valence-corrected chi connectivity index (χ3v) is 1.20. The Morgan fingerprint density at radius 2 is 2.18 bits per heavy atom. The second-order valence-electron chi connectivity index (χ2n) is 1.98. The summed E-state index contributed by atoms with van der Waals surface area (Å²) in [6.45, 7) is 3.45. The highest BCUT2D eigenvalue weighted by Gasteiger charge is 2.18. The number of allylic oxidation sites excluding steroid dienone is 1. The maximum Gasteiger partial charge on any atom is 0.254 e. The van der Waals surface area contributed by atoms with Crippen LogP contribution in [-0.4, -0.2) is 11.8 Å². The number of carbonyl (C=O) groups excluding carboxylic acids is 2. The first-order chi connectivity index (χ1) is 4.74.